The van der Waals surface area contributed by atoms with Crippen LogP contribution in [-0.4, -0.2) is 20.4 Å². The molecule has 0 atom stereocenters. The number of hydrogen-bond donors (Lipinski definition) is 0. The molecule has 0 spiro atoms. The zero-order valence-corrected chi connectivity index (χ0v) is 13.9. The van der Waals surface area contributed by atoms with Gasteiger partial charge in [0.1, 0.15) is 10.7 Å². The van der Waals surface area contributed by atoms with E-state index < -0.39 is 10.0 Å². The summed E-state index contributed by atoms with van der Waals surface area (Å²) in [6.45, 7) is 0. The largest absolute Gasteiger partial charge is 0.266 e. The van der Waals surface area contributed by atoms with Gasteiger partial charge in [-0.1, -0.05) is 22.0 Å². The Kier molecular flexibility index (Phi) is 4.27. The fourth-order valence-electron chi connectivity index (χ4n) is 1.50. The molecule has 0 radical (unpaired) electrons. The fraction of sp³-hybridized carbons (Fsp3) is 0.0833. The molecule has 19 heavy (non-hydrogen) atoms. The van der Waals surface area contributed by atoms with Gasteiger partial charge in [0.05, 0.1) is 0 Å². The smallest absolute Gasteiger partial charge is 0.253 e. The maximum Gasteiger partial charge on any atom is 0.266 e. The lowest BCUT2D eigenvalue weighted by molar-refractivity contribution is 0.593. The van der Waals surface area contributed by atoms with E-state index in [0.29, 0.717) is 10.3 Å². The van der Waals surface area contributed by atoms with Crippen molar-refractivity contribution in [2.75, 3.05) is 11.4 Å². The van der Waals surface area contributed by atoms with Gasteiger partial charge in [0.15, 0.2) is 0 Å². The molecule has 2 rings (SSSR count). The summed E-state index contributed by atoms with van der Waals surface area (Å²) in [4.78, 5) is 4.24. The van der Waals surface area contributed by atoms with Crippen LogP contribution < -0.4 is 4.31 Å². The first-order valence-electron chi connectivity index (χ1n) is 5.28. The summed E-state index contributed by atoms with van der Waals surface area (Å²) < 4.78 is 27.5. The highest BCUT2D eigenvalue weighted by atomic mass is 79.9. The fourth-order valence-corrected chi connectivity index (χ4v) is 4.35. The molecule has 0 N–H and O–H groups in total. The van der Waals surface area contributed by atoms with Crippen molar-refractivity contribution in [3.05, 3.63) is 51.5 Å². The summed E-state index contributed by atoms with van der Waals surface area (Å²) in [6, 6.07) is 10.0. The summed E-state index contributed by atoms with van der Waals surface area (Å²) >= 11 is 6.56. The average molecular weight is 406 g/mol. The summed E-state index contributed by atoms with van der Waals surface area (Å²) in [7, 11) is -2.16. The van der Waals surface area contributed by atoms with E-state index in [1.807, 2.05) is 0 Å². The third kappa shape index (κ3) is 2.98. The third-order valence-corrected chi connectivity index (χ3v) is 5.74. The number of rotatable bonds is 3. The minimum absolute atomic E-state index is 0.198. The minimum Gasteiger partial charge on any atom is -0.253 e. The first kappa shape index (κ1) is 14.5. The van der Waals surface area contributed by atoms with E-state index in [0.717, 1.165) is 8.78 Å². The number of hydrogen-bond acceptors (Lipinski definition) is 3. The van der Waals surface area contributed by atoms with Crippen molar-refractivity contribution in [1.82, 2.24) is 4.98 Å². The Hall–Kier alpha value is -0.920. The minimum atomic E-state index is -3.64. The zero-order valence-electron chi connectivity index (χ0n) is 9.92. The van der Waals surface area contributed by atoms with Crippen molar-refractivity contribution in [2.45, 2.75) is 4.90 Å². The van der Waals surface area contributed by atoms with Crippen molar-refractivity contribution in [3.63, 3.8) is 0 Å². The van der Waals surface area contributed by atoms with Crippen LogP contribution in [0.15, 0.2) is 56.4 Å². The van der Waals surface area contributed by atoms with Gasteiger partial charge in [-0.05, 0) is 46.3 Å². The van der Waals surface area contributed by atoms with Crippen molar-refractivity contribution in [2.24, 2.45) is 0 Å². The molecule has 7 heteroatoms. The van der Waals surface area contributed by atoms with Crippen LogP contribution in [0, 0.1) is 0 Å². The Morgan fingerprint density at radius 2 is 1.89 bits per heavy atom. The van der Waals surface area contributed by atoms with Crippen LogP contribution in [0.5, 0.6) is 0 Å². The SMILES string of the molecule is CN(c1ccccn1)S(=O)(=O)c1ccc(Br)cc1Br. The molecule has 1 heterocycles. The summed E-state index contributed by atoms with van der Waals surface area (Å²) in [6.07, 6.45) is 1.55. The number of aromatic nitrogens is 1. The predicted molar refractivity (Wildman–Crippen MR) is 81.7 cm³/mol. The monoisotopic (exact) mass is 404 g/mol. The lowest BCUT2D eigenvalue weighted by Gasteiger charge is -2.19. The Morgan fingerprint density at radius 1 is 1.16 bits per heavy atom. The van der Waals surface area contributed by atoms with Crippen molar-refractivity contribution < 1.29 is 8.42 Å². The number of benzene rings is 1. The van der Waals surface area contributed by atoms with Gasteiger partial charge in [-0.25, -0.2) is 13.4 Å². The van der Waals surface area contributed by atoms with Gasteiger partial charge < -0.3 is 0 Å². The van der Waals surface area contributed by atoms with E-state index >= 15 is 0 Å². The lowest BCUT2D eigenvalue weighted by Crippen LogP contribution is -2.27. The van der Waals surface area contributed by atoms with Crippen LogP contribution in [0.2, 0.25) is 0 Å². The number of halogens is 2. The molecule has 2 aromatic rings. The van der Waals surface area contributed by atoms with Crippen molar-refractivity contribution in [1.29, 1.82) is 0 Å². The van der Waals surface area contributed by atoms with Gasteiger partial charge in [-0.2, -0.15) is 0 Å². The molecule has 0 bridgehead atoms. The number of pyridine rings is 1. The summed E-state index contributed by atoms with van der Waals surface area (Å²) in [5.41, 5.74) is 0. The molecule has 0 unspecified atom stereocenters. The van der Waals surface area contributed by atoms with Gasteiger partial charge in [-0.15, -0.1) is 0 Å². The molecule has 0 aliphatic carbocycles. The highest BCUT2D eigenvalue weighted by Crippen LogP contribution is 2.29. The van der Waals surface area contributed by atoms with Gasteiger partial charge in [0.25, 0.3) is 10.0 Å². The maximum absolute atomic E-state index is 12.5. The molecule has 1 aromatic carbocycles. The first-order chi connectivity index (χ1) is 8.93. The second kappa shape index (κ2) is 5.60. The second-order valence-corrected chi connectivity index (χ2v) is 7.44. The van der Waals surface area contributed by atoms with Crippen LogP contribution in [0.3, 0.4) is 0 Å². The predicted octanol–water partition coefficient (Wildman–Crippen LogP) is 3.43. The Morgan fingerprint density at radius 3 is 2.47 bits per heavy atom. The first-order valence-corrected chi connectivity index (χ1v) is 8.30. The molecule has 4 nitrogen and oxygen atoms in total. The summed E-state index contributed by atoms with van der Waals surface area (Å²) in [5, 5.41) is 0. The Bertz CT molecular complexity index is 690. The number of sulfonamides is 1. The molecule has 0 saturated carbocycles. The van der Waals surface area contributed by atoms with E-state index in [9.17, 15) is 8.42 Å². The van der Waals surface area contributed by atoms with Gasteiger partial charge in [-0.3, -0.25) is 4.31 Å². The number of nitrogens with zero attached hydrogens (tertiary/aromatic N) is 2. The van der Waals surface area contributed by atoms with Crippen molar-refractivity contribution in [3.8, 4) is 0 Å². The lowest BCUT2D eigenvalue weighted by atomic mass is 10.4. The van der Waals surface area contributed by atoms with Crippen LogP contribution in [0.25, 0.3) is 0 Å². The molecule has 100 valence electrons. The zero-order chi connectivity index (χ0) is 14.0. The van der Waals surface area contributed by atoms with E-state index in [4.69, 9.17) is 0 Å². The van der Waals surface area contributed by atoms with Crippen LogP contribution in [-0.2, 0) is 10.0 Å². The van der Waals surface area contributed by atoms with Crippen LogP contribution in [0.4, 0.5) is 5.82 Å². The van der Waals surface area contributed by atoms with E-state index in [1.54, 1.807) is 42.6 Å². The Labute approximate surface area is 128 Å². The highest BCUT2D eigenvalue weighted by molar-refractivity contribution is 9.11. The molecule has 0 saturated heterocycles. The quantitative estimate of drug-likeness (QED) is 0.785. The van der Waals surface area contributed by atoms with Crippen LogP contribution >= 0.6 is 31.9 Å². The Balaban J connectivity index is 2.48. The van der Waals surface area contributed by atoms with E-state index in [1.165, 1.54) is 7.05 Å². The number of anilines is 1. The van der Waals surface area contributed by atoms with E-state index in [-0.39, 0.29) is 4.90 Å². The molecular weight excluding hydrogens is 396 g/mol. The molecule has 1 aromatic heterocycles. The van der Waals surface area contributed by atoms with Crippen LogP contribution in [0.1, 0.15) is 0 Å². The van der Waals surface area contributed by atoms with Gasteiger partial charge >= 0.3 is 0 Å². The molecule has 0 amide bonds. The second-order valence-electron chi connectivity index (χ2n) is 3.74. The average Bonchev–Trinajstić information content (AvgIpc) is 2.38. The maximum atomic E-state index is 12.5. The third-order valence-electron chi connectivity index (χ3n) is 2.50. The van der Waals surface area contributed by atoms with E-state index in [2.05, 4.69) is 36.8 Å². The molecule has 0 aliphatic heterocycles. The highest BCUT2D eigenvalue weighted by Gasteiger charge is 2.24. The molecule has 0 aliphatic rings. The van der Waals surface area contributed by atoms with Crippen molar-refractivity contribution >= 4 is 47.7 Å². The summed E-state index contributed by atoms with van der Waals surface area (Å²) in [5.74, 6) is 0.373. The molecule has 0 fully saturated rings. The topological polar surface area (TPSA) is 50.3 Å². The normalized spacial score (nSPS) is 11.3. The molecular formula is C12H10Br2N2O2S. The van der Waals surface area contributed by atoms with Gasteiger partial charge in [0, 0.05) is 22.2 Å². The standard InChI is InChI=1S/C12H10Br2N2O2S/c1-16(12-4-2-3-7-15-12)19(17,18)11-6-5-9(13)8-10(11)14/h2-8H,1H3. The van der Waals surface area contributed by atoms with Gasteiger partial charge in [0.2, 0.25) is 0 Å².